The van der Waals surface area contributed by atoms with Crippen LogP contribution in [0.25, 0.3) is 10.2 Å². The normalized spacial score (nSPS) is 15.7. The smallest absolute Gasteiger partial charge is 0.316 e. The summed E-state index contributed by atoms with van der Waals surface area (Å²) in [6, 6.07) is 2.18. The first-order valence-electron chi connectivity index (χ1n) is 11.6. The lowest BCUT2D eigenvalue weighted by Crippen LogP contribution is -2.49. The Hall–Kier alpha value is -1.87. The average Bonchev–Trinajstić information content (AvgIpc) is 3.18. The second-order valence-electron chi connectivity index (χ2n) is 9.92. The molecule has 1 saturated heterocycles. The molecule has 3 heterocycles. The highest BCUT2D eigenvalue weighted by molar-refractivity contribution is 7.99. The molecule has 0 saturated carbocycles. The summed E-state index contributed by atoms with van der Waals surface area (Å²) in [5.74, 6) is 1.42. The van der Waals surface area contributed by atoms with Gasteiger partial charge in [0.05, 0.1) is 18.2 Å². The molecule has 1 atom stereocenters. The van der Waals surface area contributed by atoms with Crippen molar-refractivity contribution in [2.75, 3.05) is 43.9 Å². The molecule has 3 rings (SSSR count). The number of esters is 1. The number of aromatic nitrogens is 2. The molecule has 0 radical (unpaired) electrons. The van der Waals surface area contributed by atoms with Crippen LogP contribution in [-0.2, 0) is 20.7 Å². The van der Waals surface area contributed by atoms with Crippen molar-refractivity contribution in [2.45, 2.75) is 59.0 Å². The molecule has 7 nitrogen and oxygen atoms in total. The molecule has 0 aliphatic carbocycles. The summed E-state index contributed by atoms with van der Waals surface area (Å²) in [6.45, 7) is 13.9. The first-order chi connectivity index (χ1) is 15.6. The van der Waals surface area contributed by atoms with Crippen LogP contribution >= 0.6 is 23.1 Å². The Morgan fingerprint density at radius 3 is 2.52 bits per heavy atom. The molecule has 1 aliphatic rings. The van der Waals surface area contributed by atoms with E-state index in [0.717, 1.165) is 42.0 Å². The number of methoxy groups -OCH3 is 1. The number of fused-ring (bicyclic) bond motifs is 1. The van der Waals surface area contributed by atoms with Crippen LogP contribution in [0.2, 0.25) is 0 Å². The summed E-state index contributed by atoms with van der Waals surface area (Å²) in [7, 11) is 1.38. The number of nitrogens with zero attached hydrogens (tertiary/aromatic N) is 4. The summed E-state index contributed by atoms with van der Waals surface area (Å²) in [4.78, 5) is 40.4. The van der Waals surface area contributed by atoms with Crippen LogP contribution in [0.4, 0.5) is 5.82 Å². The molecule has 0 bridgehead atoms. The van der Waals surface area contributed by atoms with E-state index < -0.39 is 0 Å². The van der Waals surface area contributed by atoms with Crippen molar-refractivity contribution >= 4 is 51.0 Å². The molecule has 182 valence electrons. The van der Waals surface area contributed by atoms with Gasteiger partial charge in [0.1, 0.15) is 10.6 Å². The number of aryl methyl sites for hydroxylation is 1. The maximum absolute atomic E-state index is 12.9. The number of hydrogen-bond acceptors (Lipinski definition) is 8. The molecule has 1 aliphatic heterocycles. The number of hydrogen-bond donors (Lipinski definition) is 0. The molecule has 1 fully saturated rings. The van der Waals surface area contributed by atoms with Crippen molar-refractivity contribution in [3.8, 4) is 0 Å². The highest BCUT2D eigenvalue weighted by Gasteiger charge is 2.26. The number of carbonyl (C=O) groups excluding carboxylic acids is 2. The minimum atomic E-state index is -0.293. The van der Waals surface area contributed by atoms with Gasteiger partial charge in [-0.2, -0.15) is 0 Å². The van der Waals surface area contributed by atoms with E-state index in [9.17, 15) is 9.59 Å². The fourth-order valence-corrected chi connectivity index (χ4v) is 6.00. The SMILES string of the molecule is CCc1cc2c(N3CCN(C(=O)CC(C)CC(C)(C)C)CC3)nc(SCC(=O)OC)nc2s1. The van der Waals surface area contributed by atoms with Gasteiger partial charge in [-0.1, -0.05) is 46.4 Å². The van der Waals surface area contributed by atoms with Crippen LogP contribution in [0.3, 0.4) is 0 Å². The third-order valence-corrected chi connectivity index (χ3v) is 7.71. The van der Waals surface area contributed by atoms with Gasteiger partial charge in [0.15, 0.2) is 5.16 Å². The Morgan fingerprint density at radius 1 is 1.21 bits per heavy atom. The molecular weight excluding hydrogens is 456 g/mol. The van der Waals surface area contributed by atoms with Crippen molar-refractivity contribution in [2.24, 2.45) is 11.3 Å². The number of ether oxygens (including phenoxy) is 1. The quantitative estimate of drug-likeness (QED) is 0.302. The van der Waals surface area contributed by atoms with Gasteiger partial charge in [-0.15, -0.1) is 11.3 Å². The Morgan fingerprint density at radius 2 is 1.91 bits per heavy atom. The van der Waals surface area contributed by atoms with E-state index in [-0.39, 0.29) is 23.0 Å². The Bertz CT molecular complexity index is 978. The van der Waals surface area contributed by atoms with Crippen LogP contribution < -0.4 is 4.90 Å². The number of thiophene rings is 1. The molecule has 9 heteroatoms. The van der Waals surface area contributed by atoms with Gasteiger partial charge < -0.3 is 14.5 Å². The maximum atomic E-state index is 12.9. The summed E-state index contributed by atoms with van der Waals surface area (Å²) in [6.07, 6.45) is 2.59. The monoisotopic (exact) mass is 492 g/mol. The fourth-order valence-electron chi connectivity index (χ4n) is 4.31. The predicted molar refractivity (Wildman–Crippen MR) is 136 cm³/mol. The first-order valence-corrected chi connectivity index (χ1v) is 13.4. The van der Waals surface area contributed by atoms with Crippen molar-refractivity contribution in [1.29, 1.82) is 0 Å². The lowest BCUT2D eigenvalue weighted by Gasteiger charge is -2.36. The number of rotatable bonds is 8. The van der Waals surface area contributed by atoms with Gasteiger partial charge in [0.2, 0.25) is 5.91 Å². The van der Waals surface area contributed by atoms with E-state index in [0.29, 0.717) is 30.6 Å². The van der Waals surface area contributed by atoms with Crippen molar-refractivity contribution < 1.29 is 14.3 Å². The van der Waals surface area contributed by atoms with Crippen molar-refractivity contribution in [3.63, 3.8) is 0 Å². The Balaban J connectivity index is 1.71. The second-order valence-corrected chi connectivity index (χ2v) is 12.0. The molecule has 1 unspecified atom stereocenters. The fraction of sp³-hybridized carbons (Fsp3) is 0.667. The topological polar surface area (TPSA) is 75.6 Å². The van der Waals surface area contributed by atoms with Crippen LogP contribution in [0.15, 0.2) is 11.2 Å². The van der Waals surface area contributed by atoms with Crippen LogP contribution in [0.1, 0.15) is 52.3 Å². The van der Waals surface area contributed by atoms with E-state index in [1.54, 1.807) is 11.3 Å². The Kier molecular flexibility index (Phi) is 8.61. The van der Waals surface area contributed by atoms with E-state index >= 15 is 0 Å². The van der Waals surface area contributed by atoms with Gasteiger partial charge >= 0.3 is 5.97 Å². The third-order valence-electron chi connectivity index (χ3n) is 5.71. The van der Waals surface area contributed by atoms with Gasteiger partial charge in [-0.25, -0.2) is 9.97 Å². The van der Waals surface area contributed by atoms with Gasteiger partial charge in [-0.3, -0.25) is 9.59 Å². The van der Waals surface area contributed by atoms with Crippen molar-refractivity contribution in [1.82, 2.24) is 14.9 Å². The molecular formula is C24H36N4O3S2. The Labute approximate surface area is 205 Å². The van der Waals surface area contributed by atoms with E-state index in [2.05, 4.69) is 50.6 Å². The van der Waals surface area contributed by atoms with Crippen LogP contribution in [-0.4, -0.2) is 65.8 Å². The summed E-state index contributed by atoms with van der Waals surface area (Å²) < 4.78 is 4.76. The number of piperazine rings is 1. The zero-order valence-electron chi connectivity index (χ0n) is 20.6. The van der Waals surface area contributed by atoms with E-state index in [4.69, 9.17) is 9.72 Å². The molecule has 2 aromatic rings. The average molecular weight is 493 g/mol. The van der Waals surface area contributed by atoms with Gasteiger partial charge in [-0.05, 0) is 30.2 Å². The molecule has 0 N–H and O–H groups in total. The summed E-state index contributed by atoms with van der Waals surface area (Å²) >= 11 is 2.97. The zero-order chi connectivity index (χ0) is 24.2. The first kappa shape index (κ1) is 25.7. The lowest BCUT2D eigenvalue weighted by atomic mass is 9.84. The number of anilines is 1. The van der Waals surface area contributed by atoms with E-state index in [1.165, 1.54) is 23.7 Å². The number of amides is 1. The van der Waals surface area contributed by atoms with E-state index in [1.807, 2.05) is 4.90 Å². The predicted octanol–water partition coefficient (Wildman–Crippen LogP) is 4.63. The minimum Gasteiger partial charge on any atom is -0.468 e. The molecule has 2 aromatic heterocycles. The molecule has 0 aromatic carbocycles. The third kappa shape index (κ3) is 7.06. The summed E-state index contributed by atoms with van der Waals surface area (Å²) in [5, 5.41) is 1.64. The minimum absolute atomic E-state index is 0.183. The molecule has 1 amide bonds. The van der Waals surface area contributed by atoms with Crippen LogP contribution in [0, 0.1) is 11.3 Å². The lowest BCUT2D eigenvalue weighted by molar-refractivity contribution is -0.137. The molecule has 0 spiro atoms. The maximum Gasteiger partial charge on any atom is 0.316 e. The summed E-state index contributed by atoms with van der Waals surface area (Å²) in [5.41, 5.74) is 0.234. The number of carbonyl (C=O) groups is 2. The standard InChI is InChI=1S/C24H36N4O3S2/c1-7-17-13-18-21(25-23(26-22(18)33-17)32-15-20(30)31-6)28-10-8-27(9-11-28)19(29)12-16(2)14-24(3,4)5/h13,16H,7-12,14-15H2,1-6H3. The zero-order valence-corrected chi connectivity index (χ0v) is 22.3. The highest BCUT2D eigenvalue weighted by atomic mass is 32.2. The van der Waals surface area contributed by atoms with Crippen LogP contribution in [0.5, 0.6) is 0 Å². The molecule has 33 heavy (non-hydrogen) atoms. The largest absolute Gasteiger partial charge is 0.468 e. The highest BCUT2D eigenvalue weighted by Crippen LogP contribution is 2.34. The number of thioether (sulfide) groups is 1. The van der Waals surface area contributed by atoms with Crippen molar-refractivity contribution in [3.05, 3.63) is 10.9 Å². The van der Waals surface area contributed by atoms with Gasteiger partial charge in [0.25, 0.3) is 0 Å². The van der Waals surface area contributed by atoms with Gasteiger partial charge in [0, 0.05) is 37.5 Å². The second kappa shape index (κ2) is 11.0.